The molecule has 27 heavy (non-hydrogen) atoms. The van der Waals surface area contributed by atoms with E-state index in [2.05, 4.69) is 39.9 Å². The molecule has 0 aliphatic heterocycles. The molecule has 3 rings (SSSR count). The third kappa shape index (κ3) is 5.68. The maximum absolute atomic E-state index is 12.3. The van der Waals surface area contributed by atoms with Crippen LogP contribution in [-0.4, -0.2) is 17.4 Å². The number of aryl methyl sites for hydroxylation is 2. The molecular weight excluding hydrogens is 334 g/mol. The number of nitrogens with zero attached hydrogens (tertiary/aromatic N) is 1. The molecule has 0 bridgehead atoms. The van der Waals surface area contributed by atoms with Crippen LogP contribution in [0.4, 0.5) is 5.82 Å². The molecule has 4 heteroatoms. The van der Waals surface area contributed by atoms with Crippen molar-refractivity contribution in [1.29, 1.82) is 0 Å². The molecule has 3 aromatic rings. The van der Waals surface area contributed by atoms with Crippen LogP contribution >= 0.6 is 0 Å². The Morgan fingerprint density at radius 2 is 1.74 bits per heavy atom. The quantitative estimate of drug-likeness (QED) is 0.588. The molecule has 1 heterocycles. The highest BCUT2D eigenvalue weighted by Gasteiger charge is 2.07. The Labute approximate surface area is 160 Å². The molecule has 0 fully saturated rings. The summed E-state index contributed by atoms with van der Waals surface area (Å²) in [5.41, 5.74) is 4.20. The first-order valence-corrected chi connectivity index (χ1v) is 9.29. The van der Waals surface area contributed by atoms with E-state index in [0.29, 0.717) is 12.1 Å². The topological polar surface area (TPSA) is 54.0 Å². The number of rotatable bonds is 8. The van der Waals surface area contributed by atoms with Crippen LogP contribution in [0.3, 0.4) is 0 Å². The number of aromatic nitrogens is 1. The minimum Gasteiger partial charge on any atom is -0.370 e. The monoisotopic (exact) mass is 359 g/mol. The second kappa shape index (κ2) is 9.53. The van der Waals surface area contributed by atoms with Crippen LogP contribution in [0.15, 0.2) is 72.9 Å². The number of anilines is 1. The van der Waals surface area contributed by atoms with Crippen molar-refractivity contribution in [3.05, 3.63) is 95.2 Å². The Bertz CT molecular complexity index is 860. The van der Waals surface area contributed by atoms with Gasteiger partial charge in [0.15, 0.2) is 0 Å². The van der Waals surface area contributed by atoms with E-state index in [-0.39, 0.29) is 5.91 Å². The average molecular weight is 359 g/mol. The van der Waals surface area contributed by atoms with Crippen LogP contribution in [0, 0.1) is 6.92 Å². The second-order valence-corrected chi connectivity index (χ2v) is 6.56. The Balaban J connectivity index is 1.43. The Morgan fingerprint density at radius 3 is 2.48 bits per heavy atom. The summed E-state index contributed by atoms with van der Waals surface area (Å²) in [4.78, 5) is 16.6. The lowest BCUT2D eigenvalue weighted by molar-refractivity contribution is 0.0950. The van der Waals surface area contributed by atoms with Crippen LogP contribution in [0.1, 0.15) is 33.5 Å². The van der Waals surface area contributed by atoms with Gasteiger partial charge in [-0.25, -0.2) is 4.98 Å². The van der Waals surface area contributed by atoms with E-state index in [1.54, 1.807) is 12.3 Å². The molecule has 2 aromatic carbocycles. The van der Waals surface area contributed by atoms with Gasteiger partial charge in [-0.15, -0.1) is 0 Å². The summed E-state index contributed by atoms with van der Waals surface area (Å²) in [6.07, 6.45) is 3.68. The molecule has 0 saturated carbocycles. The van der Waals surface area contributed by atoms with Crippen LogP contribution in [0.5, 0.6) is 0 Å². The zero-order valence-electron chi connectivity index (χ0n) is 15.6. The molecule has 1 amide bonds. The zero-order chi connectivity index (χ0) is 18.9. The summed E-state index contributed by atoms with van der Waals surface area (Å²) < 4.78 is 0. The molecule has 0 saturated heterocycles. The van der Waals surface area contributed by atoms with Gasteiger partial charge in [0.05, 0.1) is 5.56 Å². The van der Waals surface area contributed by atoms with Crippen molar-refractivity contribution in [3.8, 4) is 0 Å². The van der Waals surface area contributed by atoms with Gasteiger partial charge in [0, 0.05) is 19.3 Å². The van der Waals surface area contributed by atoms with Gasteiger partial charge in [0.1, 0.15) is 5.82 Å². The third-order valence-corrected chi connectivity index (χ3v) is 4.52. The van der Waals surface area contributed by atoms with Crippen molar-refractivity contribution < 1.29 is 4.79 Å². The second-order valence-electron chi connectivity index (χ2n) is 6.56. The largest absolute Gasteiger partial charge is 0.370 e. The molecule has 0 radical (unpaired) electrons. The number of carbonyl (C=O) groups is 1. The highest BCUT2D eigenvalue weighted by atomic mass is 16.1. The van der Waals surface area contributed by atoms with Gasteiger partial charge < -0.3 is 10.6 Å². The first kappa shape index (κ1) is 18.6. The maximum atomic E-state index is 12.3. The molecule has 0 atom stereocenters. The van der Waals surface area contributed by atoms with Crippen molar-refractivity contribution in [2.45, 2.75) is 26.3 Å². The highest BCUT2D eigenvalue weighted by molar-refractivity contribution is 5.94. The van der Waals surface area contributed by atoms with Crippen LogP contribution in [0.2, 0.25) is 0 Å². The molecule has 0 unspecified atom stereocenters. The summed E-state index contributed by atoms with van der Waals surface area (Å²) in [7, 11) is 0. The van der Waals surface area contributed by atoms with Crippen LogP contribution < -0.4 is 10.6 Å². The van der Waals surface area contributed by atoms with E-state index in [4.69, 9.17) is 0 Å². The molecular formula is C23H25N3O. The fourth-order valence-electron chi connectivity index (χ4n) is 2.87. The number of carbonyl (C=O) groups excluding carboxylic acids is 1. The van der Waals surface area contributed by atoms with Crippen molar-refractivity contribution in [2.75, 3.05) is 11.9 Å². The lowest BCUT2D eigenvalue weighted by atomic mass is 10.1. The SMILES string of the molecule is Cc1ccccc1CNC(=O)c1ccc(NCCCc2ccccc2)nc1. The standard InChI is InChI=1S/C23H25N3O/c1-18-8-5-6-12-20(18)16-26-23(27)21-13-14-22(25-17-21)24-15-7-11-19-9-3-2-4-10-19/h2-6,8-10,12-14,17H,7,11,15-16H2,1H3,(H,24,25)(H,26,27). The van der Waals surface area contributed by atoms with E-state index >= 15 is 0 Å². The van der Waals surface area contributed by atoms with Gasteiger partial charge in [-0.05, 0) is 48.6 Å². The summed E-state index contributed by atoms with van der Waals surface area (Å²) in [6.45, 7) is 3.41. The van der Waals surface area contributed by atoms with Gasteiger partial charge in [-0.1, -0.05) is 54.6 Å². The number of amides is 1. The molecule has 4 nitrogen and oxygen atoms in total. The lowest BCUT2D eigenvalue weighted by Gasteiger charge is -2.09. The predicted molar refractivity (Wildman–Crippen MR) is 110 cm³/mol. The minimum atomic E-state index is -0.110. The average Bonchev–Trinajstić information content (AvgIpc) is 2.72. The van der Waals surface area contributed by atoms with Gasteiger partial charge in [-0.3, -0.25) is 4.79 Å². The first-order chi connectivity index (χ1) is 13.2. The molecule has 2 N–H and O–H groups in total. The van der Waals surface area contributed by atoms with Crippen LogP contribution in [-0.2, 0) is 13.0 Å². The number of hydrogen-bond acceptors (Lipinski definition) is 3. The molecule has 0 aliphatic rings. The molecule has 0 aliphatic carbocycles. The van der Waals surface area contributed by atoms with Crippen molar-refractivity contribution in [1.82, 2.24) is 10.3 Å². The van der Waals surface area contributed by atoms with E-state index < -0.39 is 0 Å². The van der Waals surface area contributed by atoms with Gasteiger partial charge in [0.25, 0.3) is 5.91 Å². The lowest BCUT2D eigenvalue weighted by Crippen LogP contribution is -2.23. The number of pyridine rings is 1. The number of benzene rings is 2. The minimum absolute atomic E-state index is 0.110. The fourth-order valence-corrected chi connectivity index (χ4v) is 2.87. The summed E-state index contributed by atoms with van der Waals surface area (Å²) in [6, 6.07) is 22.1. The number of nitrogens with one attached hydrogen (secondary N) is 2. The molecule has 138 valence electrons. The van der Waals surface area contributed by atoms with Gasteiger partial charge >= 0.3 is 0 Å². The predicted octanol–water partition coefficient (Wildman–Crippen LogP) is 4.36. The maximum Gasteiger partial charge on any atom is 0.253 e. The van der Waals surface area contributed by atoms with Crippen molar-refractivity contribution >= 4 is 11.7 Å². The van der Waals surface area contributed by atoms with E-state index in [1.807, 2.05) is 43.3 Å². The zero-order valence-corrected chi connectivity index (χ0v) is 15.6. The summed E-state index contributed by atoms with van der Waals surface area (Å²) in [5.74, 6) is 0.680. The van der Waals surface area contributed by atoms with Crippen molar-refractivity contribution in [3.63, 3.8) is 0 Å². The normalized spacial score (nSPS) is 10.4. The Kier molecular flexibility index (Phi) is 6.58. The smallest absolute Gasteiger partial charge is 0.253 e. The van der Waals surface area contributed by atoms with Gasteiger partial charge in [0.2, 0.25) is 0 Å². The van der Waals surface area contributed by atoms with Crippen molar-refractivity contribution in [2.24, 2.45) is 0 Å². The Hall–Kier alpha value is -3.14. The van der Waals surface area contributed by atoms with Gasteiger partial charge in [-0.2, -0.15) is 0 Å². The van der Waals surface area contributed by atoms with E-state index in [0.717, 1.165) is 30.8 Å². The molecule has 1 aromatic heterocycles. The molecule has 0 spiro atoms. The summed E-state index contributed by atoms with van der Waals surface area (Å²) >= 11 is 0. The van der Waals surface area contributed by atoms with E-state index in [1.165, 1.54) is 11.1 Å². The number of hydrogen-bond donors (Lipinski definition) is 2. The fraction of sp³-hybridized carbons (Fsp3) is 0.217. The highest BCUT2D eigenvalue weighted by Crippen LogP contribution is 2.09. The van der Waals surface area contributed by atoms with Crippen LogP contribution in [0.25, 0.3) is 0 Å². The first-order valence-electron chi connectivity index (χ1n) is 9.29. The van der Waals surface area contributed by atoms with E-state index in [9.17, 15) is 4.79 Å². The summed E-state index contributed by atoms with van der Waals surface area (Å²) in [5, 5.41) is 6.25. The third-order valence-electron chi connectivity index (χ3n) is 4.52. The Morgan fingerprint density at radius 1 is 0.963 bits per heavy atom.